The summed E-state index contributed by atoms with van der Waals surface area (Å²) in [5.74, 6) is 0. The average molecular weight is 433 g/mol. The third-order valence-electron chi connectivity index (χ3n) is 6.40. The van der Waals surface area contributed by atoms with Gasteiger partial charge in [-0.05, 0) is 82.0 Å². The van der Waals surface area contributed by atoms with Crippen molar-refractivity contribution in [2.75, 3.05) is 0 Å². The van der Waals surface area contributed by atoms with Gasteiger partial charge in [-0.15, -0.1) is 0 Å². The quantitative estimate of drug-likeness (QED) is 0.310. The third-order valence-corrected chi connectivity index (χ3v) is 6.40. The molecule has 0 heteroatoms. The second kappa shape index (κ2) is 12.1. The maximum Gasteiger partial charge on any atom is -0.00583 e. The fourth-order valence-electron chi connectivity index (χ4n) is 4.16. The smallest absolute Gasteiger partial charge is 0.00583 e. The minimum Gasteiger partial charge on any atom is -0.0654 e. The standard InChI is InChI=1S/C32H48/c1-9-11-13-15-17-25-19-27(23-29(21-25)31(3,4)5)28-20-26(18-16-14-12-10-2)22-30(24-28)32(6,7)8/h19-22H,9-18H2,1-8H3. The first-order chi connectivity index (χ1) is 15.0. The van der Waals surface area contributed by atoms with Crippen LogP contribution in [-0.4, -0.2) is 0 Å². The maximum atomic E-state index is 3.79. The summed E-state index contributed by atoms with van der Waals surface area (Å²) in [5.41, 5.74) is 8.20. The van der Waals surface area contributed by atoms with Crippen LogP contribution in [0.1, 0.15) is 129 Å². The van der Waals surface area contributed by atoms with Crippen LogP contribution < -0.4 is 0 Å². The fraction of sp³-hybridized carbons (Fsp3) is 0.625. The molecule has 0 saturated heterocycles. The van der Waals surface area contributed by atoms with Gasteiger partial charge in [-0.25, -0.2) is 0 Å². The van der Waals surface area contributed by atoms with Crippen molar-refractivity contribution in [1.29, 1.82) is 0 Å². The summed E-state index contributed by atoms with van der Waals surface area (Å²) < 4.78 is 0. The van der Waals surface area contributed by atoms with Gasteiger partial charge in [0.15, 0.2) is 0 Å². The molecule has 0 nitrogen and oxygen atoms in total. The zero-order valence-electron chi connectivity index (χ0n) is 22.4. The Morgan fingerprint density at radius 2 is 0.906 bits per heavy atom. The summed E-state index contributed by atoms with van der Waals surface area (Å²) in [6.45, 7) is 18.4. The summed E-state index contributed by atoms with van der Waals surface area (Å²) in [6.07, 6.45) is 12.8. The van der Waals surface area contributed by atoms with Gasteiger partial charge in [0.05, 0.1) is 0 Å². The van der Waals surface area contributed by atoms with Crippen LogP contribution in [0.4, 0.5) is 0 Å². The van der Waals surface area contributed by atoms with Crippen molar-refractivity contribution in [3.8, 4) is 11.1 Å². The van der Waals surface area contributed by atoms with E-state index in [2.05, 4.69) is 91.8 Å². The highest BCUT2D eigenvalue weighted by atomic mass is 14.2. The molecule has 0 amide bonds. The SMILES string of the molecule is CCCCCCc1cc(-c2[c]c(C(C)(C)C)cc(CCCCCC)c2)[c]c(C(C)(C)C)c1. The van der Waals surface area contributed by atoms with Crippen molar-refractivity contribution >= 4 is 0 Å². The van der Waals surface area contributed by atoms with Gasteiger partial charge < -0.3 is 0 Å². The molecule has 0 aromatic heterocycles. The summed E-state index contributed by atoms with van der Waals surface area (Å²) >= 11 is 0. The lowest BCUT2D eigenvalue weighted by Gasteiger charge is -2.23. The second-order valence-corrected chi connectivity index (χ2v) is 11.8. The highest BCUT2D eigenvalue weighted by molar-refractivity contribution is 5.66. The van der Waals surface area contributed by atoms with Crippen LogP contribution in [0.3, 0.4) is 0 Å². The monoisotopic (exact) mass is 432 g/mol. The van der Waals surface area contributed by atoms with Gasteiger partial charge in [0.2, 0.25) is 0 Å². The van der Waals surface area contributed by atoms with Gasteiger partial charge in [-0.1, -0.05) is 118 Å². The van der Waals surface area contributed by atoms with Crippen molar-refractivity contribution in [3.63, 3.8) is 0 Å². The van der Waals surface area contributed by atoms with Crippen LogP contribution in [0, 0.1) is 12.1 Å². The molecule has 0 bridgehead atoms. The molecule has 0 unspecified atom stereocenters. The molecule has 0 aliphatic heterocycles. The topological polar surface area (TPSA) is 0 Å². The molecule has 176 valence electrons. The zero-order valence-corrected chi connectivity index (χ0v) is 22.4. The Hall–Kier alpha value is -1.56. The predicted molar refractivity (Wildman–Crippen MR) is 143 cm³/mol. The van der Waals surface area contributed by atoms with Crippen LogP contribution in [0.2, 0.25) is 0 Å². The Bertz CT molecular complexity index is 755. The number of benzene rings is 2. The maximum absolute atomic E-state index is 3.79. The molecule has 0 spiro atoms. The lowest BCUT2D eigenvalue weighted by Crippen LogP contribution is -2.13. The van der Waals surface area contributed by atoms with Crippen molar-refractivity contribution in [3.05, 3.63) is 58.7 Å². The van der Waals surface area contributed by atoms with Crippen LogP contribution in [-0.2, 0) is 23.7 Å². The molecule has 32 heavy (non-hydrogen) atoms. The van der Waals surface area contributed by atoms with E-state index in [1.807, 2.05) is 0 Å². The van der Waals surface area contributed by atoms with E-state index in [4.69, 9.17) is 0 Å². The highest BCUT2D eigenvalue weighted by Gasteiger charge is 2.19. The van der Waals surface area contributed by atoms with Crippen LogP contribution in [0.15, 0.2) is 24.3 Å². The van der Waals surface area contributed by atoms with Gasteiger partial charge in [0.1, 0.15) is 0 Å². The Labute approximate surface area is 200 Å². The van der Waals surface area contributed by atoms with Gasteiger partial charge in [0, 0.05) is 0 Å². The van der Waals surface area contributed by atoms with Crippen LogP contribution in [0.25, 0.3) is 11.1 Å². The number of hydrogen-bond donors (Lipinski definition) is 0. The van der Waals surface area contributed by atoms with Crippen LogP contribution in [0.5, 0.6) is 0 Å². The van der Waals surface area contributed by atoms with Crippen molar-refractivity contribution in [2.24, 2.45) is 0 Å². The fourth-order valence-corrected chi connectivity index (χ4v) is 4.16. The second-order valence-electron chi connectivity index (χ2n) is 11.8. The lowest BCUT2D eigenvalue weighted by molar-refractivity contribution is 0.586. The Kier molecular flexibility index (Phi) is 10.1. The first-order valence-electron chi connectivity index (χ1n) is 13.2. The third kappa shape index (κ3) is 8.42. The molecule has 0 saturated carbocycles. The molecule has 0 aliphatic rings. The number of hydrogen-bond acceptors (Lipinski definition) is 0. The average Bonchev–Trinajstić information content (AvgIpc) is 2.73. The summed E-state index contributed by atoms with van der Waals surface area (Å²) in [5, 5.41) is 0. The van der Waals surface area contributed by atoms with Crippen molar-refractivity contribution < 1.29 is 0 Å². The van der Waals surface area contributed by atoms with E-state index < -0.39 is 0 Å². The normalized spacial score (nSPS) is 12.4. The van der Waals surface area contributed by atoms with Crippen molar-refractivity contribution in [1.82, 2.24) is 0 Å². The van der Waals surface area contributed by atoms with Gasteiger partial charge in [0.25, 0.3) is 0 Å². The van der Waals surface area contributed by atoms with Gasteiger partial charge >= 0.3 is 0 Å². The summed E-state index contributed by atoms with van der Waals surface area (Å²) in [6, 6.07) is 17.2. The first-order valence-corrected chi connectivity index (χ1v) is 13.2. The Balaban J connectivity index is 2.45. The zero-order chi connectivity index (χ0) is 23.8. The number of aryl methyl sites for hydroxylation is 2. The molecule has 2 aromatic carbocycles. The van der Waals surface area contributed by atoms with E-state index in [1.54, 1.807) is 0 Å². The number of unbranched alkanes of at least 4 members (excludes halogenated alkanes) is 6. The summed E-state index contributed by atoms with van der Waals surface area (Å²) in [4.78, 5) is 0. The van der Waals surface area contributed by atoms with Gasteiger partial charge in [-0.3, -0.25) is 0 Å². The minimum atomic E-state index is 0.0960. The Morgan fingerprint density at radius 3 is 1.22 bits per heavy atom. The van der Waals surface area contributed by atoms with E-state index in [0.717, 1.165) is 12.8 Å². The molecule has 0 atom stereocenters. The van der Waals surface area contributed by atoms with E-state index >= 15 is 0 Å². The molecule has 0 N–H and O–H groups in total. The molecule has 0 fully saturated rings. The highest BCUT2D eigenvalue weighted by Crippen LogP contribution is 2.33. The Morgan fingerprint density at radius 1 is 0.531 bits per heavy atom. The molecule has 0 aliphatic carbocycles. The van der Waals surface area contributed by atoms with Crippen LogP contribution >= 0.6 is 0 Å². The molecule has 0 heterocycles. The van der Waals surface area contributed by atoms with E-state index in [1.165, 1.54) is 84.7 Å². The molecule has 2 aromatic rings. The molecule has 2 radical (unpaired) electrons. The predicted octanol–water partition coefficient (Wildman–Crippen LogP) is 9.79. The first kappa shape index (κ1) is 26.7. The molecule has 2 rings (SSSR count). The minimum absolute atomic E-state index is 0.0960. The van der Waals surface area contributed by atoms with Gasteiger partial charge in [-0.2, -0.15) is 0 Å². The molecular weight excluding hydrogens is 384 g/mol. The molecular formula is C32H48. The van der Waals surface area contributed by atoms with E-state index in [-0.39, 0.29) is 10.8 Å². The lowest BCUT2D eigenvalue weighted by atomic mass is 9.81. The van der Waals surface area contributed by atoms with Crippen molar-refractivity contribution in [2.45, 2.75) is 130 Å². The van der Waals surface area contributed by atoms with E-state index in [9.17, 15) is 0 Å². The summed E-state index contributed by atoms with van der Waals surface area (Å²) in [7, 11) is 0. The largest absolute Gasteiger partial charge is 0.0654 e. The van der Waals surface area contributed by atoms with E-state index in [0.29, 0.717) is 0 Å². The number of rotatable bonds is 11.